The Morgan fingerprint density at radius 1 is 0.679 bits per heavy atom. The Bertz CT molecular complexity index is 2940. The predicted octanol–water partition coefficient (Wildman–Crippen LogP) is 10.0. The summed E-state index contributed by atoms with van der Waals surface area (Å²) in [6.45, 7) is 3.53. The van der Waals surface area contributed by atoms with Crippen LogP contribution in [0.5, 0.6) is 0 Å². The Kier molecular flexibility index (Phi) is 8.17. The SMILES string of the molecule is Cc1cc(-c2cc(-c3cc4ncccc4c(N4CCCc5[nH]c6ccc(F)cc6c5C4)n3)ccn2)cc(N(C)c2nc(-c3ccncc3)cc3ncccc23)c1. The summed E-state index contributed by atoms with van der Waals surface area (Å²) in [4.78, 5) is 37.0. The smallest absolute Gasteiger partial charge is 0.142 e. The van der Waals surface area contributed by atoms with E-state index in [9.17, 15) is 4.39 Å². The number of fused-ring (bicyclic) bond motifs is 5. The quantitative estimate of drug-likeness (QED) is 0.180. The van der Waals surface area contributed by atoms with Crippen LogP contribution in [-0.4, -0.2) is 48.5 Å². The van der Waals surface area contributed by atoms with E-state index in [1.54, 1.807) is 18.5 Å². The third kappa shape index (κ3) is 6.05. The fourth-order valence-corrected chi connectivity index (χ4v) is 7.97. The highest BCUT2D eigenvalue weighted by molar-refractivity contribution is 5.95. The Hall–Kier alpha value is -7.07. The predicted molar refractivity (Wildman–Crippen MR) is 221 cm³/mol. The number of nitrogens with zero attached hydrogens (tertiary/aromatic N) is 8. The molecule has 8 heterocycles. The van der Waals surface area contributed by atoms with Crippen molar-refractivity contribution in [3.8, 4) is 33.8 Å². The van der Waals surface area contributed by atoms with Crippen LogP contribution in [0.4, 0.5) is 21.7 Å². The number of rotatable bonds is 6. The molecule has 1 aliphatic heterocycles. The van der Waals surface area contributed by atoms with Crippen LogP contribution in [0, 0.1) is 12.7 Å². The van der Waals surface area contributed by atoms with Gasteiger partial charge in [-0.2, -0.15) is 0 Å². The maximum atomic E-state index is 14.4. The van der Waals surface area contributed by atoms with Crippen molar-refractivity contribution in [1.29, 1.82) is 0 Å². The minimum atomic E-state index is -0.233. The van der Waals surface area contributed by atoms with Gasteiger partial charge in [0.25, 0.3) is 0 Å². The maximum absolute atomic E-state index is 14.4. The molecule has 10 rings (SSSR count). The highest BCUT2D eigenvalue weighted by Gasteiger charge is 2.23. The third-order valence-corrected chi connectivity index (χ3v) is 10.7. The van der Waals surface area contributed by atoms with Gasteiger partial charge in [-0.05, 0) is 122 Å². The summed E-state index contributed by atoms with van der Waals surface area (Å²) in [6.07, 6.45) is 10.9. The van der Waals surface area contributed by atoms with E-state index in [1.807, 2.05) is 68.1 Å². The van der Waals surface area contributed by atoms with Crippen molar-refractivity contribution in [2.24, 2.45) is 0 Å². The summed E-state index contributed by atoms with van der Waals surface area (Å²) in [6, 6.07) is 31.6. The largest absolute Gasteiger partial charge is 0.358 e. The van der Waals surface area contributed by atoms with Crippen molar-refractivity contribution >= 4 is 50.0 Å². The van der Waals surface area contributed by atoms with E-state index in [4.69, 9.17) is 19.9 Å². The average molecular weight is 734 g/mol. The molecule has 7 aromatic heterocycles. The molecule has 0 unspecified atom stereocenters. The van der Waals surface area contributed by atoms with Gasteiger partial charge in [-0.1, -0.05) is 0 Å². The summed E-state index contributed by atoms with van der Waals surface area (Å²) in [5.74, 6) is 1.44. The van der Waals surface area contributed by atoms with Gasteiger partial charge in [0.1, 0.15) is 17.5 Å². The lowest BCUT2D eigenvalue weighted by molar-refractivity contribution is 0.629. The summed E-state index contributed by atoms with van der Waals surface area (Å²) >= 11 is 0. The number of aromatic amines is 1. The molecule has 10 heteroatoms. The van der Waals surface area contributed by atoms with Crippen LogP contribution >= 0.6 is 0 Å². The molecule has 1 aliphatic rings. The van der Waals surface area contributed by atoms with Crippen LogP contribution in [0.25, 0.3) is 66.5 Å². The van der Waals surface area contributed by atoms with Crippen molar-refractivity contribution in [2.45, 2.75) is 26.3 Å². The second kappa shape index (κ2) is 13.7. The Morgan fingerprint density at radius 3 is 2.29 bits per heavy atom. The van der Waals surface area contributed by atoms with Crippen molar-refractivity contribution in [3.05, 3.63) is 151 Å². The monoisotopic (exact) mass is 733 g/mol. The van der Waals surface area contributed by atoms with Gasteiger partial charge in [0.2, 0.25) is 0 Å². The average Bonchev–Trinajstić information content (AvgIpc) is 3.43. The summed E-state index contributed by atoms with van der Waals surface area (Å²) in [5.41, 5.74) is 12.4. The first-order valence-corrected chi connectivity index (χ1v) is 18.7. The molecule has 0 radical (unpaired) electrons. The second-order valence-electron chi connectivity index (χ2n) is 14.4. The minimum Gasteiger partial charge on any atom is -0.358 e. The molecular weight excluding hydrogens is 698 g/mol. The first-order valence-electron chi connectivity index (χ1n) is 18.7. The van der Waals surface area contributed by atoms with Gasteiger partial charge in [0, 0.05) is 106 Å². The van der Waals surface area contributed by atoms with Crippen molar-refractivity contribution < 1.29 is 4.39 Å². The second-order valence-corrected chi connectivity index (χ2v) is 14.4. The first kappa shape index (κ1) is 33.5. The number of H-pyrrole nitrogens is 1. The van der Waals surface area contributed by atoms with Crippen molar-refractivity contribution in [2.75, 3.05) is 23.4 Å². The molecule has 9 aromatic rings. The zero-order valence-corrected chi connectivity index (χ0v) is 30.9. The van der Waals surface area contributed by atoms with Crippen LogP contribution in [0.2, 0.25) is 0 Å². The van der Waals surface area contributed by atoms with E-state index < -0.39 is 0 Å². The number of nitrogens with one attached hydrogen (secondary N) is 1. The lowest BCUT2D eigenvalue weighted by atomic mass is 10.0. The molecular formula is C46H36FN9. The standard InChI is InChI=1S/C46H36FN9/c1-28-20-31(22-33(21-28)55(2)45-34-6-3-14-49-43(34)25-41(53-45)29-11-16-48-17-12-29)40-23-30(13-18-51-40)42-26-44-35(7-4-15-50-44)46(54-42)56-19-5-8-38-37(27-56)36-24-32(47)9-10-39(36)52-38/h3-4,6-7,9-18,20-26,52H,5,8,19,27H2,1-2H3. The number of halogens is 1. The van der Waals surface area contributed by atoms with Gasteiger partial charge in [-0.15, -0.1) is 0 Å². The van der Waals surface area contributed by atoms with Crippen LogP contribution in [0.3, 0.4) is 0 Å². The van der Waals surface area contributed by atoms with E-state index in [2.05, 4.69) is 74.1 Å². The first-order chi connectivity index (χ1) is 27.4. The molecule has 0 saturated heterocycles. The zero-order chi connectivity index (χ0) is 37.8. The highest BCUT2D eigenvalue weighted by Crippen LogP contribution is 2.37. The fourth-order valence-electron chi connectivity index (χ4n) is 7.97. The van der Waals surface area contributed by atoms with Gasteiger partial charge in [-0.25, -0.2) is 14.4 Å². The number of anilines is 3. The van der Waals surface area contributed by atoms with E-state index in [0.29, 0.717) is 6.54 Å². The molecule has 2 aromatic carbocycles. The summed E-state index contributed by atoms with van der Waals surface area (Å²) in [7, 11) is 2.04. The Balaban J connectivity index is 1.03. The molecule has 56 heavy (non-hydrogen) atoms. The van der Waals surface area contributed by atoms with Crippen LogP contribution < -0.4 is 9.80 Å². The van der Waals surface area contributed by atoms with Gasteiger partial charge in [0.05, 0.1) is 28.1 Å². The lowest BCUT2D eigenvalue weighted by Gasteiger charge is -2.24. The Morgan fingerprint density at radius 2 is 1.45 bits per heavy atom. The number of hydrogen-bond acceptors (Lipinski definition) is 8. The summed E-state index contributed by atoms with van der Waals surface area (Å²) < 4.78 is 14.4. The van der Waals surface area contributed by atoms with Gasteiger partial charge < -0.3 is 14.8 Å². The van der Waals surface area contributed by atoms with Crippen molar-refractivity contribution in [1.82, 2.24) is 34.9 Å². The molecule has 0 bridgehead atoms. The fraction of sp³-hybridized carbons (Fsp3) is 0.130. The minimum absolute atomic E-state index is 0.233. The third-order valence-electron chi connectivity index (χ3n) is 10.7. The van der Waals surface area contributed by atoms with E-state index in [0.717, 1.165) is 120 Å². The van der Waals surface area contributed by atoms with Crippen LogP contribution in [-0.2, 0) is 13.0 Å². The molecule has 0 fully saturated rings. The molecule has 0 spiro atoms. The number of benzene rings is 2. The zero-order valence-electron chi connectivity index (χ0n) is 30.9. The van der Waals surface area contributed by atoms with E-state index in [1.165, 1.54) is 6.07 Å². The highest BCUT2D eigenvalue weighted by atomic mass is 19.1. The van der Waals surface area contributed by atoms with E-state index >= 15 is 0 Å². The number of aromatic nitrogens is 7. The number of hydrogen-bond donors (Lipinski definition) is 1. The number of pyridine rings is 6. The van der Waals surface area contributed by atoms with Crippen LogP contribution in [0.15, 0.2) is 128 Å². The van der Waals surface area contributed by atoms with Gasteiger partial charge in [0.15, 0.2) is 0 Å². The molecule has 0 aliphatic carbocycles. The molecule has 0 atom stereocenters. The normalized spacial score (nSPS) is 12.9. The van der Waals surface area contributed by atoms with Crippen LogP contribution in [0.1, 0.15) is 23.2 Å². The molecule has 9 nitrogen and oxygen atoms in total. The Labute approximate surface area is 322 Å². The topological polar surface area (TPSA) is 99.6 Å². The summed E-state index contributed by atoms with van der Waals surface area (Å²) in [5, 5.41) is 2.87. The van der Waals surface area contributed by atoms with Gasteiger partial charge >= 0.3 is 0 Å². The lowest BCUT2D eigenvalue weighted by Crippen LogP contribution is -2.24. The molecule has 0 saturated carbocycles. The number of aryl methyl sites for hydroxylation is 2. The van der Waals surface area contributed by atoms with Crippen molar-refractivity contribution in [3.63, 3.8) is 0 Å². The molecule has 1 N–H and O–H groups in total. The van der Waals surface area contributed by atoms with E-state index in [-0.39, 0.29) is 5.82 Å². The maximum Gasteiger partial charge on any atom is 0.142 e. The molecule has 272 valence electrons. The molecule has 0 amide bonds. The van der Waals surface area contributed by atoms with Gasteiger partial charge in [-0.3, -0.25) is 19.9 Å².